The number of aliphatic hydroxyl groups is 1. The van der Waals surface area contributed by atoms with Gasteiger partial charge in [0.2, 0.25) is 0 Å². The summed E-state index contributed by atoms with van der Waals surface area (Å²) in [5.74, 6) is 0.609. The molecule has 3 nitrogen and oxygen atoms in total. The highest BCUT2D eigenvalue weighted by Crippen LogP contribution is 2.12. The molecule has 2 N–H and O–H groups in total. The molecule has 0 fully saturated rings. The van der Waals surface area contributed by atoms with Crippen molar-refractivity contribution in [1.29, 1.82) is 0 Å². The van der Waals surface area contributed by atoms with E-state index >= 15 is 0 Å². The van der Waals surface area contributed by atoms with Gasteiger partial charge in [-0.15, -0.1) is 11.3 Å². The molecule has 0 spiro atoms. The van der Waals surface area contributed by atoms with Gasteiger partial charge < -0.3 is 10.4 Å². The Morgan fingerprint density at radius 3 is 2.73 bits per heavy atom. The second-order valence-electron chi connectivity index (χ2n) is 4.25. The fourth-order valence-electron chi connectivity index (χ4n) is 1.52. The first-order valence-electron chi connectivity index (χ1n) is 5.36. The minimum absolute atomic E-state index is 0.200. The van der Waals surface area contributed by atoms with Crippen LogP contribution in [0.5, 0.6) is 0 Å². The number of hydrogen-bond donors (Lipinski definition) is 2. The Kier molecular flexibility index (Phi) is 5.22. The van der Waals surface area contributed by atoms with E-state index in [2.05, 4.69) is 24.1 Å². The summed E-state index contributed by atoms with van der Waals surface area (Å²) in [6, 6.07) is 0.200. The summed E-state index contributed by atoms with van der Waals surface area (Å²) in [6.07, 6.45) is 1.01. The van der Waals surface area contributed by atoms with Crippen LogP contribution in [0.15, 0.2) is 5.51 Å². The van der Waals surface area contributed by atoms with E-state index in [1.165, 1.54) is 4.88 Å². The predicted molar refractivity (Wildman–Crippen MR) is 64.0 cm³/mol. The zero-order chi connectivity index (χ0) is 11.3. The molecular weight excluding hydrogens is 208 g/mol. The van der Waals surface area contributed by atoms with Gasteiger partial charge in [0.15, 0.2) is 0 Å². The smallest absolute Gasteiger partial charge is 0.0798 e. The SMILES string of the molecule is Cc1ncsc1CN[C@H](CO)CC(C)C. The Labute approximate surface area is 95.6 Å². The van der Waals surface area contributed by atoms with Gasteiger partial charge in [0.05, 0.1) is 17.8 Å². The lowest BCUT2D eigenvalue weighted by molar-refractivity contribution is 0.224. The summed E-state index contributed by atoms with van der Waals surface area (Å²) >= 11 is 1.67. The summed E-state index contributed by atoms with van der Waals surface area (Å²) < 4.78 is 0. The molecule has 15 heavy (non-hydrogen) atoms. The third-order valence-electron chi connectivity index (χ3n) is 2.37. The number of rotatable bonds is 6. The highest BCUT2D eigenvalue weighted by Gasteiger charge is 2.10. The maximum atomic E-state index is 9.20. The van der Waals surface area contributed by atoms with Gasteiger partial charge in [-0.25, -0.2) is 4.98 Å². The van der Waals surface area contributed by atoms with Crippen LogP contribution in [0.2, 0.25) is 0 Å². The molecule has 1 heterocycles. The van der Waals surface area contributed by atoms with Crippen LogP contribution >= 0.6 is 11.3 Å². The van der Waals surface area contributed by atoms with Crippen LogP contribution in [-0.4, -0.2) is 22.7 Å². The maximum Gasteiger partial charge on any atom is 0.0798 e. The van der Waals surface area contributed by atoms with Crippen LogP contribution in [-0.2, 0) is 6.54 Å². The molecule has 0 saturated carbocycles. The summed E-state index contributed by atoms with van der Waals surface area (Å²) in [7, 11) is 0. The highest BCUT2D eigenvalue weighted by atomic mass is 32.1. The van der Waals surface area contributed by atoms with E-state index in [0.717, 1.165) is 18.7 Å². The van der Waals surface area contributed by atoms with Gasteiger partial charge in [0.1, 0.15) is 0 Å². The largest absolute Gasteiger partial charge is 0.395 e. The molecule has 0 aliphatic carbocycles. The van der Waals surface area contributed by atoms with Crippen molar-refractivity contribution in [2.75, 3.05) is 6.61 Å². The normalized spacial score (nSPS) is 13.4. The van der Waals surface area contributed by atoms with Crippen LogP contribution in [0.25, 0.3) is 0 Å². The Morgan fingerprint density at radius 1 is 1.53 bits per heavy atom. The van der Waals surface area contributed by atoms with Crippen molar-refractivity contribution >= 4 is 11.3 Å². The Bertz CT molecular complexity index is 286. The number of hydrogen-bond acceptors (Lipinski definition) is 4. The quantitative estimate of drug-likeness (QED) is 0.782. The summed E-state index contributed by atoms with van der Waals surface area (Å²) in [4.78, 5) is 5.46. The zero-order valence-electron chi connectivity index (χ0n) is 9.66. The first-order valence-corrected chi connectivity index (χ1v) is 6.24. The number of aliphatic hydroxyl groups excluding tert-OH is 1. The van der Waals surface area contributed by atoms with Crippen molar-refractivity contribution in [3.8, 4) is 0 Å². The van der Waals surface area contributed by atoms with Crippen LogP contribution in [0, 0.1) is 12.8 Å². The van der Waals surface area contributed by atoms with Gasteiger partial charge in [0.25, 0.3) is 0 Å². The highest BCUT2D eigenvalue weighted by molar-refractivity contribution is 7.09. The van der Waals surface area contributed by atoms with E-state index < -0.39 is 0 Å². The third kappa shape index (κ3) is 4.28. The predicted octanol–water partition coefficient (Wildman–Crippen LogP) is 1.95. The van der Waals surface area contributed by atoms with Crippen LogP contribution < -0.4 is 5.32 Å². The van der Waals surface area contributed by atoms with Gasteiger partial charge in [-0.05, 0) is 19.3 Å². The molecule has 1 rings (SSSR count). The third-order valence-corrected chi connectivity index (χ3v) is 3.31. The van der Waals surface area contributed by atoms with Gasteiger partial charge in [0, 0.05) is 17.5 Å². The minimum atomic E-state index is 0.200. The molecule has 4 heteroatoms. The van der Waals surface area contributed by atoms with E-state index in [9.17, 15) is 5.11 Å². The molecule has 0 radical (unpaired) electrons. The lowest BCUT2D eigenvalue weighted by Gasteiger charge is -2.17. The van der Waals surface area contributed by atoms with Crippen molar-refractivity contribution in [3.63, 3.8) is 0 Å². The number of nitrogens with one attached hydrogen (secondary N) is 1. The molecule has 0 unspecified atom stereocenters. The molecular formula is C11H20N2OS. The van der Waals surface area contributed by atoms with Crippen molar-refractivity contribution in [2.24, 2.45) is 5.92 Å². The minimum Gasteiger partial charge on any atom is -0.395 e. The fourth-order valence-corrected chi connectivity index (χ4v) is 2.25. The van der Waals surface area contributed by atoms with Crippen molar-refractivity contribution in [3.05, 3.63) is 16.1 Å². The average molecular weight is 228 g/mol. The lowest BCUT2D eigenvalue weighted by Crippen LogP contribution is -2.33. The van der Waals surface area contributed by atoms with Crippen LogP contribution in [0.3, 0.4) is 0 Å². The molecule has 86 valence electrons. The zero-order valence-corrected chi connectivity index (χ0v) is 10.5. The molecule has 1 aromatic heterocycles. The standard InChI is InChI=1S/C11H20N2OS/c1-8(2)4-10(6-14)12-5-11-9(3)13-7-15-11/h7-8,10,12,14H,4-6H2,1-3H3/t10-/m0/s1. The number of aryl methyl sites for hydroxylation is 1. The average Bonchev–Trinajstić information content (AvgIpc) is 2.58. The summed E-state index contributed by atoms with van der Waals surface area (Å²) in [5, 5.41) is 12.6. The molecule has 0 aliphatic heterocycles. The second-order valence-corrected chi connectivity index (χ2v) is 5.19. The van der Waals surface area contributed by atoms with E-state index in [1.807, 2.05) is 12.4 Å². The van der Waals surface area contributed by atoms with Gasteiger partial charge >= 0.3 is 0 Å². The van der Waals surface area contributed by atoms with E-state index in [1.54, 1.807) is 11.3 Å². The Balaban J connectivity index is 2.37. The molecule has 0 aliphatic rings. The molecule has 0 amide bonds. The van der Waals surface area contributed by atoms with Crippen molar-refractivity contribution in [2.45, 2.75) is 39.8 Å². The number of nitrogens with zero attached hydrogens (tertiary/aromatic N) is 1. The summed E-state index contributed by atoms with van der Waals surface area (Å²) in [6.45, 7) is 7.37. The monoisotopic (exact) mass is 228 g/mol. The summed E-state index contributed by atoms with van der Waals surface area (Å²) in [5.41, 5.74) is 2.96. The van der Waals surface area contributed by atoms with E-state index in [-0.39, 0.29) is 12.6 Å². The molecule has 1 atom stereocenters. The second kappa shape index (κ2) is 6.20. The molecule has 1 aromatic rings. The fraction of sp³-hybridized carbons (Fsp3) is 0.727. The molecule has 0 saturated heterocycles. The number of aromatic nitrogens is 1. The topological polar surface area (TPSA) is 45.2 Å². The Morgan fingerprint density at radius 2 is 2.27 bits per heavy atom. The maximum absolute atomic E-state index is 9.20. The van der Waals surface area contributed by atoms with Crippen molar-refractivity contribution < 1.29 is 5.11 Å². The van der Waals surface area contributed by atoms with E-state index in [0.29, 0.717) is 5.92 Å². The molecule has 0 aromatic carbocycles. The van der Waals surface area contributed by atoms with Crippen molar-refractivity contribution in [1.82, 2.24) is 10.3 Å². The van der Waals surface area contributed by atoms with E-state index in [4.69, 9.17) is 0 Å². The van der Waals surface area contributed by atoms with Crippen LogP contribution in [0.4, 0.5) is 0 Å². The lowest BCUT2D eigenvalue weighted by atomic mass is 10.0. The van der Waals surface area contributed by atoms with Gasteiger partial charge in [-0.3, -0.25) is 0 Å². The number of thiazole rings is 1. The van der Waals surface area contributed by atoms with Gasteiger partial charge in [-0.1, -0.05) is 13.8 Å². The van der Waals surface area contributed by atoms with Crippen LogP contribution in [0.1, 0.15) is 30.8 Å². The first kappa shape index (κ1) is 12.6. The Hall–Kier alpha value is -0.450. The molecule has 0 bridgehead atoms. The van der Waals surface area contributed by atoms with Gasteiger partial charge in [-0.2, -0.15) is 0 Å². The first-order chi connectivity index (χ1) is 7.13.